The lowest BCUT2D eigenvalue weighted by Crippen LogP contribution is -2.23. The van der Waals surface area contributed by atoms with Crippen molar-refractivity contribution in [1.82, 2.24) is 10.1 Å². The zero-order valence-corrected chi connectivity index (χ0v) is 13.3. The van der Waals surface area contributed by atoms with Crippen LogP contribution in [0.15, 0.2) is 34.9 Å². The molecule has 0 N–H and O–H groups in total. The highest BCUT2D eigenvalue weighted by molar-refractivity contribution is 5.95. The van der Waals surface area contributed by atoms with E-state index in [1.54, 1.807) is 17.9 Å². The van der Waals surface area contributed by atoms with Crippen molar-refractivity contribution in [1.29, 1.82) is 0 Å². The fourth-order valence-corrected chi connectivity index (χ4v) is 2.43. The summed E-state index contributed by atoms with van der Waals surface area (Å²) in [6.07, 6.45) is 4.48. The molecule has 124 valence electrons. The summed E-state index contributed by atoms with van der Waals surface area (Å²) in [5.74, 6) is 0.407. The monoisotopic (exact) mass is 327 g/mol. The molecule has 0 saturated carbocycles. The summed E-state index contributed by atoms with van der Waals surface area (Å²) < 4.78 is 9.86. The molecule has 1 aromatic heterocycles. The average molecular weight is 327 g/mol. The van der Waals surface area contributed by atoms with Gasteiger partial charge in [0.05, 0.1) is 0 Å². The maximum Gasteiger partial charge on any atom is 0.331 e. The van der Waals surface area contributed by atoms with Crippen LogP contribution < -0.4 is 4.90 Å². The van der Waals surface area contributed by atoms with Gasteiger partial charge in [-0.05, 0) is 37.1 Å². The molecule has 1 amide bonds. The molecule has 3 rings (SSSR count). The topological polar surface area (TPSA) is 85.5 Å². The maximum absolute atomic E-state index is 11.7. The van der Waals surface area contributed by atoms with Gasteiger partial charge in [0.2, 0.25) is 5.91 Å². The molecule has 0 bridgehead atoms. The van der Waals surface area contributed by atoms with E-state index < -0.39 is 5.97 Å². The summed E-state index contributed by atoms with van der Waals surface area (Å²) in [6, 6.07) is 7.45. The standard InChI is InChI=1S/C17H17N3O4/c1-12-18-15(24-19-12)11-23-17(22)9-6-13-4-7-14(8-5-13)20-10-2-3-16(20)21/h4-9H,2-3,10-11H2,1H3/b9-6+. The molecule has 1 aliphatic rings. The summed E-state index contributed by atoms with van der Waals surface area (Å²) in [6.45, 7) is 2.39. The Morgan fingerprint density at radius 3 is 2.79 bits per heavy atom. The lowest BCUT2D eigenvalue weighted by molar-refractivity contribution is -0.139. The first-order valence-electron chi connectivity index (χ1n) is 7.66. The van der Waals surface area contributed by atoms with E-state index in [1.165, 1.54) is 6.08 Å². The van der Waals surface area contributed by atoms with Gasteiger partial charge in [0.15, 0.2) is 12.4 Å². The molecule has 2 heterocycles. The van der Waals surface area contributed by atoms with Gasteiger partial charge in [-0.3, -0.25) is 4.79 Å². The van der Waals surface area contributed by atoms with Crippen LogP contribution in [0.2, 0.25) is 0 Å². The van der Waals surface area contributed by atoms with Crippen LogP contribution in [-0.4, -0.2) is 28.6 Å². The zero-order chi connectivity index (χ0) is 16.9. The van der Waals surface area contributed by atoms with Crippen LogP contribution in [0.3, 0.4) is 0 Å². The van der Waals surface area contributed by atoms with Crippen LogP contribution in [-0.2, 0) is 20.9 Å². The molecule has 2 aromatic rings. The highest BCUT2D eigenvalue weighted by Crippen LogP contribution is 2.21. The van der Waals surface area contributed by atoms with Gasteiger partial charge < -0.3 is 14.2 Å². The van der Waals surface area contributed by atoms with Crippen LogP contribution in [0.1, 0.15) is 30.1 Å². The minimum Gasteiger partial charge on any atom is -0.452 e. The summed E-state index contributed by atoms with van der Waals surface area (Å²) in [5.41, 5.74) is 1.72. The number of nitrogens with zero attached hydrogens (tertiary/aromatic N) is 3. The van der Waals surface area contributed by atoms with Crippen molar-refractivity contribution >= 4 is 23.6 Å². The molecule has 7 heteroatoms. The molecule has 0 aliphatic carbocycles. The Morgan fingerprint density at radius 1 is 1.38 bits per heavy atom. The van der Waals surface area contributed by atoms with E-state index in [4.69, 9.17) is 9.26 Å². The lowest BCUT2D eigenvalue weighted by atomic mass is 10.2. The van der Waals surface area contributed by atoms with Crippen molar-refractivity contribution in [2.24, 2.45) is 0 Å². The first kappa shape index (κ1) is 15.9. The number of carbonyl (C=O) groups is 2. The summed E-state index contributed by atoms with van der Waals surface area (Å²) in [7, 11) is 0. The number of hydrogen-bond donors (Lipinski definition) is 0. The third-order valence-corrected chi connectivity index (χ3v) is 3.60. The van der Waals surface area contributed by atoms with Crippen molar-refractivity contribution in [2.45, 2.75) is 26.4 Å². The van der Waals surface area contributed by atoms with Gasteiger partial charge in [-0.25, -0.2) is 4.79 Å². The van der Waals surface area contributed by atoms with Crippen molar-refractivity contribution in [3.05, 3.63) is 47.6 Å². The van der Waals surface area contributed by atoms with E-state index in [0.717, 1.165) is 24.2 Å². The van der Waals surface area contributed by atoms with Gasteiger partial charge in [-0.2, -0.15) is 4.98 Å². The fourth-order valence-electron chi connectivity index (χ4n) is 2.43. The van der Waals surface area contributed by atoms with Gasteiger partial charge in [0, 0.05) is 24.7 Å². The number of hydrogen-bond acceptors (Lipinski definition) is 6. The molecule has 1 fully saturated rings. The van der Waals surface area contributed by atoms with E-state index in [2.05, 4.69) is 10.1 Å². The molecule has 1 saturated heterocycles. The average Bonchev–Trinajstić information content (AvgIpc) is 3.20. The zero-order valence-electron chi connectivity index (χ0n) is 13.3. The Morgan fingerprint density at radius 2 is 2.17 bits per heavy atom. The first-order valence-corrected chi connectivity index (χ1v) is 7.66. The third kappa shape index (κ3) is 3.87. The molecule has 7 nitrogen and oxygen atoms in total. The van der Waals surface area contributed by atoms with E-state index in [0.29, 0.717) is 12.2 Å². The number of aryl methyl sites for hydroxylation is 1. The van der Waals surface area contributed by atoms with E-state index in [1.807, 2.05) is 24.3 Å². The number of amides is 1. The highest BCUT2D eigenvalue weighted by Gasteiger charge is 2.21. The summed E-state index contributed by atoms with van der Waals surface area (Å²) in [5, 5.41) is 3.61. The smallest absolute Gasteiger partial charge is 0.331 e. The molecule has 1 aromatic carbocycles. The predicted octanol–water partition coefficient (Wildman–Crippen LogP) is 2.26. The Kier molecular flexibility index (Phi) is 4.69. The van der Waals surface area contributed by atoms with Crippen LogP contribution in [0.25, 0.3) is 6.08 Å². The molecule has 0 radical (unpaired) electrons. The van der Waals surface area contributed by atoms with Crippen molar-refractivity contribution < 1.29 is 18.8 Å². The Labute approximate surface area is 138 Å². The summed E-state index contributed by atoms with van der Waals surface area (Å²) >= 11 is 0. The quantitative estimate of drug-likeness (QED) is 0.618. The SMILES string of the molecule is Cc1noc(COC(=O)/C=C/c2ccc(N3CCCC3=O)cc2)n1. The van der Waals surface area contributed by atoms with Crippen LogP contribution in [0.5, 0.6) is 0 Å². The third-order valence-electron chi connectivity index (χ3n) is 3.60. The Bertz CT molecular complexity index is 764. The molecule has 24 heavy (non-hydrogen) atoms. The molecular weight excluding hydrogens is 310 g/mol. The second-order valence-corrected chi connectivity index (χ2v) is 5.42. The van der Waals surface area contributed by atoms with E-state index >= 15 is 0 Å². The normalized spacial score (nSPS) is 14.5. The number of carbonyl (C=O) groups excluding carboxylic acids is 2. The van der Waals surface area contributed by atoms with Crippen LogP contribution >= 0.6 is 0 Å². The summed E-state index contributed by atoms with van der Waals surface area (Å²) in [4.78, 5) is 29.1. The minimum absolute atomic E-state index is 0.0555. The highest BCUT2D eigenvalue weighted by atomic mass is 16.6. The van der Waals surface area contributed by atoms with Gasteiger partial charge in [0.25, 0.3) is 5.89 Å². The second-order valence-electron chi connectivity index (χ2n) is 5.42. The van der Waals surface area contributed by atoms with Gasteiger partial charge in [-0.1, -0.05) is 17.3 Å². The second kappa shape index (κ2) is 7.08. The van der Waals surface area contributed by atoms with Crippen molar-refractivity contribution in [3.8, 4) is 0 Å². The number of aromatic nitrogens is 2. The first-order chi connectivity index (χ1) is 11.6. The molecular formula is C17H17N3O4. The predicted molar refractivity (Wildman–Crippen MR) is 85.9 cm³/mol. The molecule has 0 atom stereocenters. The fraction of sp³-hybridized carbons (Fsp3) is 0.294. The molecule has 1 aliphatic heterocycles. The molecule has 0 spiro atoms. The number of anilines is 1. The minimum atomic E-state index is -0.496. The Balaban J connectivity index is 1.54. The van der Waals surface area contributed by atoms with E-state index in [-0.39, 0.29) is 18.4 Å². The largest absolute Gasteiger partial charge is 0.452 e. The number of esters is 1. The van der Waals surface area contributed by atoms with Gasteiger partial charge >= 0.3 is 5.97 Å². The number of rotatable bonds is 5. The lowest BCUT2D eigenvalue weighted by Gasteiger charge is -2.15. The number of benzene rings is 1. The van der Waals surface area contributed by atoms with Crippen LogP contribution in [0, 0.1) is 6.92 Å². The maximum atomic E-state index is 11.7. The molecule has 0 unspecified atom stereocenters. The van der Waals surface area contributed by atoms with Gasteiger partial charge in [-0.15, -0.1) is 0 Å². The number of ether oxygens (including phenoxy) is 1. The van der Waals surface area contributed by atoms with Crippen LogP contribution in [0.4, 0.5) is 5.69 Å². The van der Waals surface area contributed by atoms with Gasteiger partial charge in [0.1, 0.15) is 0 Å². The van der Waals surface area contributed by atoms with Crippen molar-refractivity contribution in [2.75, 3.05) is 11.4 Å². The van der Waals surface area contributed by atoms with E-state index in [9.17, 15) is 9.59 Å². The van der Waals surface area contributed by atoms with Crippen molar-refractivity contribution in [3.63, 3.8) is 0 Å². The Hall–Kier alpha value is -2.96.